The molecule has 6 amide bonds. The first-order valence-electron chi connectivity index (χ1n) is 25.0. The first-order chi connectivity index (χ1) is 34.3. The van der Waals surface area contributed by atoms with Gasteiger partial charge in [0.2, 0.25) is 35.4 Å². The molecule has 74 heavy (non-hydrogen) atoms. The molecule has 2 aliphatic heterocycles. The van der Waals surface area contributed by atoms with Crippen LogP contribution >= 0.6 is 24.8 Å². The number of amides is 6. The van der Waals surface area contributed by atoms with Gasteiger partial charge in [-0.05, 0) is 81.6 Å². The van der Waals surface area contributed by atoms with Crippen LogP contribution in [0, 0.1) is 23.7 Å². The van der Waals surface area contributed by atoms with Crippen LogP contribution in [0.25, 0.3) is 0 Å². The average molecular weight is 1070 g/mol. The minimum atomic E-state index is -1.04. The summed E-state index contributed by atoms with van der Waals surface area (Å²) in [4.78, 5) is 114. The average Bonchev–Trinajstić information content (AvgIpc) is 4.00. The molecule has 0 aliphatic carbocycles. The van der Waals surface area contributed by atoms with Crippen molar-refractivity contribution in [3.05, 3.63) is 107 Å². The van der Waals surface area contributed by atoms with Gasteiger partial charge in [-0.25, -0.2) is 0 Å². The molecule has 0 spiro atoms. The van der Waals surface area contributed by atoms with Crippen LogP contribution in [0.4, 0.5) is 0 Å². The van der Waals surface area contributed by atoms with E-state index in [-0.39, 0.29) is 86.3 Å². The third-order valence-corrected chi connectivity index (χ3v) is 13.9. The van der Waals surface area contributed by atoms with Crippen molar-refractivity contribution in [2.45, 2.75) is 116 Å². The topological polar surface area (TPSA) is 256 Å². The number of hydrogen-bond acceptors (Lipinski definition) is 12. The molecule has 2 fully saturated rings. The van der Waals surface area contributed by atoms with Crippen molar-refractivity contribution < 1.29 is 48.6 Å². The Labute approximate surface area is 447 Å². The number of benzene rings is 3. The monoisotopic (exact) mass is 1070 g/mol. The number of carbonyl (C=O) groups excluding carboxylic acids is 8. The lowest BCUT2D eigenvalue weighted by molar-refractivity contribution is -0.143. The molecular formula is C54H76Cl2N8O10. The summed E-state index contributed by atoms with van der Waals surface area (Å²) in [6.45, 7) is 9.85. The number of rotatable bonds is 24. The van der Waals surface area contributed by atoms with E-state index < -0.39 is 121 Å². The van der Waals surface area contributed by atoms with Crippen LogP contribution in [-0.4, -0.2) is 144 Å². The highest BCUT2D eigenvalue weighted by atomic mass is 35.5. The van der Waals surface area contributed by atoms with E-state index in [1.807, 2.05) is 74.5 Å². The molecule has 8 N–H and O–H groups in total. The maximum Gasteiger partial charge on any atom is 0.246 e. The lowest BCUT2D eigenvalue weighted by Gasteiger charge is -2.31. The fraction of sp³-hybridized carbons (Fsp3) is 0.519. The summed E-state index contributed by atoms with van der Waals surface area (Å²) < 4.78 is 0. The first kappa shape index (κ1) is 62.5. The van der Waals surface area contributed by atoms with Crippen LogP contribution in [0.5, 0.6) is 0 Å². The molecule has 0 bridgehead atoms. The molecule has 0 saturated carbocycles. The highest BCUT2D eigenvalue weighted by molar-refractivity contribution is 6.02. The number of likely N-dealkylation sites (N-methyl/N-ethyl adjacent to an activating group) is 2. The van der Waals surface area contributed by atoms with Crippen LogP contribution in [0.1, 0.15) is 111 Å². The maximum atomic E-state index is 14.4. The van der Waals surface area contributed by atoms with E-state index in [1.54, 1.807) is 45.9 Å². The number of carbonyl (C=O) groups is 8. The van der Waals surface area contributed by atoms with Crippen molar-refractivity contribution >= 4 is 71.8 Å². The molecule has 20 heteroatoms. The van der Waals surface area contributed by atoms with Gasteiger partial charge in [-0.3, -0.25) is 38.4 Å². The Morgan fingerprint density at radius 2 is 0.878 bits per heavy atom. The fourth-order valence-electron chi connectivity index (χ4n) is 9.52. The summed E-state index contributed by atoms with van der Waals surface area (Å²) in [6, 6.07) is 18.3. The zero-order valence-electron chi connectivity index (χ0n) is 43.5. The Hall–Kier alpha value is -5.76. The smallest absolute Gasteiger partial charge is 0.246 e. The van der Waals surface area contributed by atoms with Crippen LogP contribution in [0.15, 0.2) is 84.9 Å². The van der Waals surface area contributed by atoms with E-state index in [0.717, 1.165) is 11.1 Å². The van der Waals surface area contributed by atoms with Crippen molar-refractivity contribution in [3.63, 3.8) is 0 Å². The molecule has 0 radical (unpaired) electrons. The lowest BCUT2D eigenvalue weighted by atomic mass is 9.92. The van der Waals surface area contributed by atoms with Crippen molar-refractivity contribution in [1.82, 2.24) is 41.7 Å². The van der Waals surface area contributed by atoms with Crippen molar-refractivity contribution in [2.75, 3.05) is 40.4 Å². The van der Waals surface area contributed by atoms with Gasteiger partial charge in [-0.1, -0.05) is 107 Å². The second-order valence-corrected chi connectivity index (χ2v) is 19.8. The number of aliphatic hydroxyl groups excluding tert-OH is 2. The van der Waals surface area contributed by atoms with E-state index in [2.05, 4.69) is 31.9 Å². The third-order valence-electron chi connectivity index (χ3n) is 13.9. The molecule has 0 unspecified atom stereocenters. The molecule has 2 aliphatic rings. The van der Waals surface area contributed by atoms with E-state index >= 15 is 0 Å². The van der Waals surface area contributed by atoms with E-state index in [9.17, 15) is 48.6 Å². The summed E-state index contributed by atoms with van der Waals surface area (Å²) in [5.41, 5.74) is 2.23. The Kier molecular flexibility index (Phi) is 24.8. The highest BCUT2D eigenvalue weighted by Crippen LogP contribution is 2.32. The SMILES string of the molecule is CN[C@@H](CO)C(=O)N[C@H](C(=O)N1C[C@@H](CC(=O)c2cccc(C(=O)C[C@H]3C[C@@H](C(=O)N[C@H](C)c4ccccc4)N(C(=O)[C@@H](NC(=O)[C@H](CO)NC)C(C)C)C3)c2)C[C@H]1C(=O)N[C@H](C)c1ccccc1)C(C)C.Cl.Cl. The molecule has 0 aromatic heterocycles. The molecule has 18 nitrogen and oxygen atoms in total. The van der Waals surface area contributed by atoms with Crippen molar-refractivity contribution in [2.24, 2.45) is 23.7 Å². The summed E-state index contributed by atoms with van der Waals surface area (Å²) in [5, 5.41) is 36.5. The number of halogens is 2. The number of nitrogens with zero attached hydrogens (tertiary/aromatic N) is 2. The number of hydrogen-bond donors (Lipinski definition) is 8. The Morgan fingerprint density at radius 3 is 1.19 bits per heavy atom. The van der Waals surface area contributed by atoms with Crippen molar-refractivity contribution in [3.8, 4) is 0 Å². The second kappa shape index (κ2) is 29.4. The number of nitrogens with one attached hydrogen (secondary N) is 6. The third kappa shape index (κ3) is 16.1. The van der Waals surface area contributed by atoms with Crippen LogP contribution in [0.2, 0.25) is 0 Å². The largest absolute Gasteiger partial charge is 0.394 e. The minimum absolute atomic E-state index is 0. The van der Waals surface area contributed by atoms with Crippen LogP contribution in [-0.2, 0) is 28.8 Å². The molecule has 5 rings (SSSR count). The Morgan fingerprint density at radius 1 is 0.527 bits per heavy atom. The quantitative estimate of drug-likeness (QED) is 0.0602. The van der Waals surface area contributed by atoms with E-state index in [0.29, 0.717) is 0 Å². The minimum Gasteiger partial charge on any atom is -0.394 e. The standard InChI is InChI=1S/C54H74N8O10.2ClH/c1-31(2)47(59-49(67)41(29-63)55-7)53(71)61-27-35(22-43(61)51(69)57-33(5)37-16-11-9-12-17-37)24-45(65)39-20-15-21-40(26-39)46(66)25-36-23-44(52(70)58-34(6)38-18-13-10-14-19-38)62(28-36)54(72)48(32(3)4)60-50(68)42(30-64)56-8;;/h9-21,26,31-36,41-44,47-48,55-56,63-64H,22-25,27-30H2,1-8H3,(H,57,69)(H,58,70)(H,59,67)(H,60,68);2*1H/t33-,34-,35-,36-,41+,42+,43+,44+,47+,48+;;/m1../s1. The van der Waals surface area contributed by atoms with Gasteiger partial charge in [-0.2, -0.15) is 0 Å². The Balaban J connectivity index is 0.00000722. The first-order valence-corrected chi connectivity index (χ1v) is 25.0. The number of likely N-dealkylation sites (tertiary alicyclic amines) is 2. The second-order valence-electron chi connectivity index (χ2n) is 19.8. The van der Waals surface area contributed by atoms with Gasteiger partial charge in [-0.15, -0.1) is 24.8 Å². The molecule has 3 aromatic rings. The molecule has 2 heterocycles. The summed E-state index contributed by atoms with van der Waals surface area (Å²) >= 11 is 0. The highest BCUT2D eigenvalue weighted by Gasteiger charge is 2.45. The van der Waals surface area contributed by atoms with Gasteiger partial charge in [0.05, 0.1) is 25.3 Å². The number of ketones is 2. The molecule has 406 valence electrons. The zero-order chi connectivity index (χ0) is 52.8. The number of aliphatic hydroxyl groups is 2. The lowest BCUT2D eigenvalue weighted by Crippen LogP contribution is -2.58. The van der Waals surface area contributed by atoms with Crippen LogP contribution in [0.3, 0.4) is 0 Å². The van der Waals surface area contributed by atoms with Crippen molar-refractivity contribution in [1.29, 1.82) is 0 Å². The summed E-state index contributed by atoms with van der Waals surface area (Å²) in [7, 11) is 3.03. The van der Waals surface area contributed by atoms with Gasteiger partial charge in [0.1, 0.15) is 36.3 Å². The summed E-state index contributed by atoms with van der Waals surface area (Å²) in [5.74, 6) is -5.28. The van der Waals surface area contributed by atoms with E-state index in [4.69, 9.17) is 0 Å². The normalized spacial score (nSPS) is 19.7. The fourth-order valence-corrected chi connectivity index (χ4v) is 9.52. The molecule has 2 saturated heterocycles. The zero-order valence-corrected chi connectivity index (χ0v) is 45.2. The molecular weight excluding hydrogens is 992 g/mol. The van der Waals surface area contributed by atoms with Gasteiger partial charge in [0.15, 0.2) is 11.6 Å². The van der Waals surface area contributed by atoms with Gasteiger partial charge >= 0.3 is 0 Å². The maximum absolute atomic E-state index is 14.4. The van der Waals surface area contributed by atoms with Gasteiger partial charge < -0.3 is 51.9 Å². The van der Waals surface area contributed by atoms with Gasteiger partial charge in [0, 0.05) is 37.1 Å². The predicted molar refractivity (Wildman–Crippen MR) is 285 cm³/mol. The Bertz CT molecular complexity index is 2210. The predicted octanol–water partition coefficient (Wildman–Crippen LogP) is 3.31. The molecule has 3 aromatic carbocycles. The van der Waals surface area contributed by atoms with Crippen LogP contribution < -0.4 is 31.9 Å². The number of Topliss-reactive ketones (excluding diaryl/α,β-unsaturated/α-hetero) is 2. The molecule has 10 atom stereocenters. The van der Waals surface area contributed by atoms with E-state index in [1.165, 1.54) is 30.0 Å². The summed E-state index contributed by atoms with van der Waals surface area (Å²) in [6.07, 6.45) is 0.214. The van der Waals surface area contributed by atoms with Gasteiger partial charge in [0.25, 0.3) is 0 Å².